The van der Waals surface area contributed by atoms with Crippen molar-refractivity contribution in [3.8, 4) is 11.1 Å². The maximum Gasteiger partial charge on any atom is 0.255 e. The van der Waals surface area contributed by atoms with Crippen molar-refractivity contribution >= 4 is 27.3 Å². The van der Waals surface area contributed by atoms with Gasteiger partial charge < -0.3 is 5.32 Å². The summed E-state index contributed by atoms with van der Waals surface area (Å²) in [4.78, 5) is 13.0. The molecule has 0 atom stereocenters. The van der Waals surface area contributed by atoms with Crippen LogP contribution in [0.3, 0.4) is 0 Å². The molecule has 35 heavy (non-hydrogen) atoms. The minimum atomic E-state index is -3.50. The number of hydrogen-bond donors (Lipinski definition) is 1. The van der Waals surface area contributed by atoms with Crippen molar-refractivity contribution in [2.75, 3.05) is 15.9 Å². The van der Waals surface area contributed by atoms with E-state index in [1.54, 1.807) is 24.3 Å². The molecule has 0 heterocycles. The summed E-state index contributed by atoms with van der Waals surface area (Å²) in [6.45, 7) is 4.02. The normalized spacial score (nSPS) is 11.2. The van der Waals surface area contributed by atoms with Crippen molar-refractivity contribution in [3.63, 3.8) is 0 Å². The van der Waals surface area contributed by atoms with Crippen molar-refractivity contribution in [1.29, 1.82) is 0 Å². The maximum atomic E-state index is 13.0. The molecule has 6 heteroatoms. The molecular formula is C29H28N2O3S. The van der Waals surface area contributed by atoms with Gasteiger partial charge in [-0.1, -0.05) is 72.8 Å². The monoisotopic (exact) mass is 484 g/mol. The molecule has 0 unspecified atom stereocenters. The minimum Gasteiger partial charge on any atom is -0.321 e. The number of carbonyl (C=O) groups excluding carboxylic acids is 1. The van der Waals surface area contributed by atoms with Gasteiger partial charge in [-0.05, 0) is 60.4 Å². The number of para-hydroxylation sites is 1. The Bertz CT molecular complexity index is 1450. The number of amides is 1. The van der Waals surface area contributed by atoms with Gasteiger partial charge in [0.2, 0.25) is 10.0 Å². The van der Waals surface area contributed by atoms with Gasteiger partial charge in [0.15, 0.2) is 0 Å². The number of carbonyl (C=O) groups is 1. The highest BCUT2D eigenvalue weighted by atomic mass is 32.2. The minimum absolute atomic E-state index is 0.182. The second-order valence-electron chi connectivity index (χ2n) is 8.62. The quantitative estimate of drug-likeness (QED) is 0.340. The topological polar surface area (TPSA) is 66.5 Å². The maximum absolute atomic E-state index is 13.0. The summed E-state index contributed by atoms with van der Waals surface area (Å²) in [5, 5.41) is 3.00. The number of aryl methyl sites for hydroxylation is 2. The van der Waals surface area contributed by atoms with Crippen molar-refractivity contribution in [2.45, 2.75) is 20.4 Å². The summed E-state index contributed by atoms with van der Waals surface area (Å²) in [7, 11) is -3.50. The molecule has 0 fully saturated rings. The van der Waals surface area contributed by atoms with Crippen molar-refractivity contribution in [3.05, 3.63) is 119 Å². The molecule has 0 radical (unpaired) electrons. The van der Waals surface area contributed by atoms with Crippen LogP contribution in [-0.2, 0) is 16.6 Å². The fourth-order valence-corrected chi connectivity index (χ4v) is 4.89. The van der Waals surface area contributed by atoms with Crippen molar-refractivity contribution in [1.82, 2.24) is 0 Å². The number of hydrogen-bond acceptors (Lipinski definition) is 3. The van der Waals surface area contributed by atoms with Crippen LogP contribution in [0.2, 0.25) is 0 Å². The zero-order valence-corrected chi connectivity index (χ0v) is 20.8. The molecule has 0 saturated carbocycles. The average Bonchev–Trinajstić information content (AvgIpc) is 2.85. The first-order valence-electron chi connectivity index (χ1n) is 11.3. The van der Waals surface area contributed by atoms with Gasteiger partial charge in [0.25, 0.3) is 5.91 Å². The molecule has 0 aliphatic carbocycles. The predicted octanol–water partition coefficient (Wildman–Crippen LogP) is 6.19. The lowest BCUT2D eigenvalue weighted by Crippen LogP contribution is -2.30. The smallest absolute Gasteiger partial charge is 0.255 e. The molecular weight excluding hydrogens is 456 g/mol. The van der Waals surface area contributed by atoms with E-state index in [1.165, 1.54) is 10.6 Å². The number of benzene rings is 4. The van der Waals surface area contributed by atoms with Gasteiger partial charge in [0.1, 0.15) is 0 Å². The molecule has 4 aromatic rings. The van der Waals surface area contributed by atoms with Gasteiger partial charge in [-0.3, -0.25) is 9.10 Å². The molecule has 0 aromatic heterocycles. The Labute approximate surface area is 207 Å². The second-order valence-corrected chi connectivity index (χ2v) is 10.5. The van der Waals surface area contributed by atoms with E-state index in [0.29, 0.717) is 11.3 Å². The molecule has 0 aliphatic heterocycles. The van der Waals surface area contributed by atoms with Gasteiger partial charge in [-0.15, -0.1) is 0 Å². The Kier molecular flexibility index (Phi) is 7.03. The molecule has 0 bridgehead atoms. The number of nitrogens with one attached hydrogen (secondary N) is 1. The Morgan fingerprint density at radius 1 is 0.829 bits per heavy atom. The largest absolute Gasteiger partial charge is 0.321 e. The molecule has 1 amide bonds. The first kappa shape index (κ1) is 24.2. The van der Waals surface area contributed by atoms with E-state index in [0.717, 1.165) is 33.5 Å². The summed E-state index contributed by atoms with van der Waals surface area (Å²) in [6.07, 6.45) is 1.21. The lowest BCUT2D eigenvalue weighted by Gasteiger charge is -2.25. The third kappa shape index (κ3) is 5.78. The van der Waals surface area contributed by atoms with Crippen LogP contribution in [0.4, 0.5) is 11.4 Å². The lowest BCUT2D eigenvalue weighted by atomic mass is 10.0. The summed E-state index contributed by atoms with van der Waals surface area (Å²) in [5.74, 6) is -0.227. The van der Waals surface area contributed by atoms with Gasteiger partial charge in [-0.2, -0.15) is 0 Å². The van der Waals surface area contributed by atoms with Crippen LogP contribution in [0.5, 0.6) is 0 Å². The number of rotatable bonds is 7. The molecule has 1 N–H and O–H groups in total. The van der Waals surface area contributed by atoms with Crippen molar-refractivity contribution < 1.29 is 13.2 Å². The fraction of sp³-hybridized carbons (Fsp3) is 0.138. The van der Waals surface area contributed by atoms with Gasteiger partial charge in [-0.25, -0.2) is 8.42 Å². The van der Waals surface area contributed by atoms with Crippen LogP contribution in [0.25, 0.3) is 11.1 Å². The lowest BCUT2D eigenvalue weighted by molar-refractivity contribution is 0.102. The highest BCUT2D eigenvalue weighted by Gasteiger charge is 2.20. The van der Waals surface area contributed by atoms with E-state index in [-0.39, 0.29) is 12.5 Å². The van der Waals surface area contributed by atoms with Crippen LogP contribution in [0, 0.1) is 13.8 Å². The van der Waals surface area contributed by atoms with Gasteiger partial charge in [0, 0.05) is 16.8 Å². The van der Waals surface area contributed by atoms with Crippen LogP contribution in [0.1, 0.15) is 27.0 Å². The number of anilines is 2. The summed E-state index contributed by atoms with van der Waals surface area (Å²) >= 11 is 0. The Balaban J connectivity index is 1.54. The second kappa shape index (κ2) is 10.2. The van der Waals surface area contributed by atoms with E-state index in [1.807, 2.05) is 86.6 Å². The number of nitrogens with zero attached hydrogens (tertiary/aromatic N) is 1. The molecule has 0 saturated heterocycles. The first-order valence-corrected chi connectivity index (χ1v) is 13.2. The third-order valence-electron chi connectivity index (χ3n) is 5.84. The van der Waals surface area contributed by atoms with Crippen LogP contribution >= 0.6 is 0 Å². The van der Waals surface area contributed by atoms with Gasteiger partial charge in [0.05, 0.1) is 18.5 Å². The standard InChI is InChI=1S/C29H28N2O3S/c1-21-13-14-22(2)28(19-21)31(35(3,33)34)20-23-15-17-25(18-16-23)29(32)30-27-12-8-7-11-26(27)24-9-5-4-6-10-24/h4-19H,20H2,1-3H3,(H,30,32). The molecule has 0 spiro atoms. The highest BCUT2D eigenvalue weighted by molar-refractivity contribution is 7.92. The number of sulfonamides is 1. The highest BCUT2D eigenvalue weighted by Crippen LogP contribution is 2.29. The Morgan fingerprint density at radius 3 is 2.17 bits per heavy atom. The average molecular weight is 485 g/mol. The molecule has 178 valence electrons. The molecule has 4 rings (SSSR count). The fourth-order valence-electron chi connectivity index (χ4n) is 3.95. The summed E-state index contributed by atoms with van der Waals surface area (Å²) < 4.78 is 26.6. The van der Waals surface area contributed by atoms with Gasteiger partial charge >= 0.3 is 0 Å². The van der Waals surface area contributed by atoms with E-state index in [9.17, 15) is 13.2 Å². The van der Waals surface area contributed by atoms with Crippen LogP contribution in [0.15, 0.2) is 97.1 Å². The van der Waals surface area contributed by atoms with Crippen LogP contribution in [-0.4, -0.2) is 20.6 Å². The zero-order valence-electron chi connectivity index (χ0n) is 20.0. The first-order chi connectivity index (χ1) is 16.7. The van der Waals surface area contributed by atoms with E-state index in [4.69, 9.17) is 0 Å². The van der Waals surface area contributed by atoms with E-state index >= 15 is 0 Å². The Hall–Kier alpha value is -3.90. The third-order valence-corrected chi connectivity index (χ3v) is 6.96. The van der Waals surface area contributed by atoms with E-state index in [2.05, 4.69) is 5.32 Å². The van der Waals surface area contributed by atoms with Crippen LogP contribution < -0.4 is 9.62 Å². The summed E-state index contributed by atoms with van der Waals surface area (Å²) in [6, 6.07) is 30.4. The predicted molar refractivity (Wildman–Crippen MR) is 143 cm³/mol. The van der Waals surface area contributed by atoms with Crippen molar-refractivity contribution in [2.24, 2.45) is 0 Å². The van der Waals surface area contributed by atoms with E-state index < -0.39 is 10.0 Å². The Morgan fingerprint density at radius 2 is 1.49 bits per heavy atom. The zero-order chi connectivity index (χ0) is 25.0. The SMILES string of the molecule is Cc1ccc(C)c(N(Cc2ccc(C(=O)Nc3ccccc3-c3ccccc3)cc2)S(C)(=O)=O)c1. The molecule has 4 aromatic carbocycles. The molecule has 5 nitrogen and oxygen atoms in total. The summed E-state index contributed by atoms with van der Waals surface area (Å²) in [5.41, 5.74) is 6.50. The molecule has 0 aliphatic rings.